The van der Waals surface area contributed by atoms with Crippen LogP contribution in [0.4, 0.5) is 18.9 Å². The van der Waals surface area contributed by atoms with Crippen molar-refractivity contribution in [2.24, 2.45) is 0 Å². The minimum atomic E-state index is -5.13. The van der Waals surface area contributed by atoms with Crippen LogP contribution < -0.4 is 10.1 Å². The monoisotopic (exact) mass is 371 g/mol. The van der Waals surface area contributed by atoms with E-state index in [-0.39, 0.29) is 29.4 Å². The fraction of sp³-hybridized carbons (Fsp3) is 0.250. The van der Waals surface area contributed by atoms with Gasteiger partial charge in [-0.3, -0.25) is 9.59 Å². The third-order valence-electron chi connectivity index (χ3n) is 3.81. The summed E-state index contributed by atoms with van der Waals surface area (Å²) in [5.74, 6) is -1.70. The highest BCUT2D eigenvalue weighted by Crippen LogP contribution is 2.34. The molecule has 0 spiro atoms. The minimum absolute atomic E-state index is 0.0507. The number of amides is 1. The number of rotatable bonds is 2. The highest BCUT2D eigenvalue weighted by molar-refractivity contribution is 7.12. The largest absolute Gasteiger partial charge is 0.488 e. The number of carbonyl (C=O) groups excluding carboxylic acids is 2. The summed E-state index contributed by atoms with van der Waals surface area (Å²) >= 11 is 1.23. The molecule has 132 valence electrons. The molecule has 1 aromatic heterocycles. The second-order valence-corrected chi connectivity index (χ2v) is 6.54. The number of benzene rings is 1. The Labute approximate surface area is 144 Å². The van der Waals surface area contributed by atoms with Crippen molar-refractivity contribution in [2.45, 2.75) is 25.3 Å². The van der Waals surface area contributed by atoms with Crippen molar-refractivity contribution in [3.8, 4) is 5.75 Å². The first-order valence-corrected chi connectivity index (χ1v) is 7.97. The lowest BCUT2D eigenvalue weighted by Gasteiger charge is -2.25. The highest BCUT2D eigenvalue weighted by Gasteiger charge is 2.55. The highest BCUT2D eigenvalue weighted by atomic mass is 32.1. The molecule has 0 bridgehead atoms. The number of hydrogen-bond acceptors (Lipinski definition) is 5. The van der Waals surface area contributed by atoms with Crippen LogP contribution in [0.25, 0.3) is 0 Å². The third kappa shape index (κ3) is 3.00. The Kier molecular flexibility index (Phi) is 4.08. The quantitative estimate of drug-likeness (QED) is 0.851. The van der Waals surface area contributed by atoms with E-state index in [4.69, 9.17) is 4.74 Å². The number of thiophene rings is 1. The van der Waals surface area contributed by atoms with Gasteiger partial charge >= 0.3 is 6.18 Å². The molecule has 1 atom stereocenters. The van der Waals surface area contributed by atoms with Crippen LogP contribution in [-0.2, 0) is 11.4 Å². The zero-order valence-corrected chi connectivity index (χ0v) is 13.6. The van der Waals surface area contributed by atoms with Gasteiger partial charge in [0.2, 0.25) is 11.4 Å². The van der Waals surface area contributed by atoms with E-state index in [9.17, 15) is 27.9 Å². The second kappa shape index (κ2) is 5.85. The number of anilines is 1. The van der Waals surface area contributed by atoms with Crippen LogP contribution in [0, 0.1) is 0 Å². The van der Waals surface area contributed by atoms with E-state index >= 15 is 0 Å². The molecule has 0 saturated carbocycles. The fourth-order valence-corrected chi connectivity index (χ4v) is 3.08. The molecule has 9 heteroatoms. The zero-order chi connectivity index (χ0) is 18.4. The van der Waals surface area contributed by atoms with Gasteiger partial charge in [-0.15, -0.1) is 11.3 Å². The summed E-state index contributed by atoms with van der Waals surface area (Å²) in [5.41, 5.74) is -2.76. The number of ketones is 1. The number of hydrogen-bond donors (Lipinski definition) is 2. The summed E-state index contributed by atoms with van der Waals surface area (Å²) < 4.78 is 43.7. The molecular weight excluding hydrogens is 359 g/mol. The number of nitrogens with one attached hydrogen (secondary N) is 1. The van der Waals surface area contributed by atoms with Crippen LogP contribution in [0.2, 0.25) is 0 Å². The van der Waals surface area contributed by atoms with E-state index in [1.54, 1.807) is 11.4 Å². The number of halogens is 3. The van der Waals surface area contributed by atoms with E-state index < -0.39 is 17.7 Å². The van der Waals surface area contributed by atoms with Crippen molar-refractivity contribution >= 4 is 28.7 Å². The molecule has 5 nitrogen and oxygen atoms in total. The third-order valence-corrected chi connectivity index (χ3v) is 4.77. The Bertz CT molecular complexity index is 857. The first kappa shape index (κ1) is 17.4. The maximum Gasteiger partial charge on any atom is 0.426 e. The van der Waals surface area contributed by atoms with Crippen LogP contribution in [0.3, 0.4) is 0 Å². The standard InChI is InChI=1S/C16H12F3NO4S/c1-15(23,16(17,18)19)14(22)20-9-2-3-11-10(6-9)12(21)13-8(7-24-11)4-5-25-13/h2-6,23H,7H2,1H3,(H,20,22)/t15-/m0/s1. The van der Waals surface area contributed by atoms with Crippen LogP contribution in [0.15, 0.2) is 29.6 Å². The maximum absolute atomic E-state index is 12.7. The van der Waals surface area contributed by atoms with Gasteiger partial charge in [-0.1, -0.05) is 0 Å². The molecule has 0 saturated heterocycles. The summed E-state index contributed by atoms with van der Waals surface area (Å²) in [7, 11) is 0. The lowest BCUT2D eigenvalue weighted by Crippen LogP contribution is -2.52. The van der Waals surface area contributed by atoms with Crippen molar-refractivity contribution in [1.29, 1.82) is 0 Å². The molecule has 2 N–H and O–H groups in total. The Hall–Kier alpha value is -2.39. The van der Waals surface area contributed by atoms with Crippen LogP contribution in [-0.4, -0.2) is 28.6 Å². The lowest BCUT2D eigenvalue weighted by atomic mass is 10.0. The molecule has 25 heavy (non-hydrogen) atoms. The lowest BCUT2D eigenvalue weighted by molar-refractivity contribution is -0.242. The van der Waals surface area contributed by atoms with Crippen LogP contribution in [0.5, 0.6) is 5.75 Å². The van der Waals surface area contributed by atoms with E-state index in [2.05, 4.69) is 0 Å². The smallest absolute Gasteiger partial charge is 0.426 e. The molecule has 1 aliphatic heterocycles. The van der Waals surface area contributed by atoms with Gasteiger partial charge in [-0.25, -0.2) is 0 Å². The van der Waals surface area contributed by atoms with Gasteiger partial charge in [0, 0.05) is 11.3 Å². The van der Waals surface area contributed by atoms with Gasteiger partial charge in [-0.05, 0) is 36.6 Å². The molecule has 0 unspecified atom stereocenters. The van der Waals surface area contributed by atoms with Gasteiger partial charge in [0.25, 0.3) is 5.91 Å². The SMILES string of the molecule is C[C@](O)(C(=O)Nc1ccc2c(c1)C(=O)c1sccc1CO2)C(F)(F)F. The Morgan fingerprint density at radius 1 is 1.32 bits per heavy atom. The minimum Gasteiger partial charge on any atom is -0.488 e. The summed E-state index contributed by atoms with van der Waals surface area (Å²) in [6, 6.07) is 5.68. The Balaban J connectivity index is 1.91. The zero-order valence-electron chi connectivity index (χ0n) is 12.8. The Morgan fingerprint density at radius 2 is 2.04 bits per heavy atom. The number of alkyl halides is 3. The number of fused-ring (bicyclic) bond motifs is 2. The summed E-state index contributed by atoms with van der Waals surface area (Å²) in [6.07, 6.45) is -5.13. The first-order chi connectivity index (χ1) is 11.6. The van der Waals surface area contributed by atoms with E-state index in [0.29, 0.717) is 11.8 Å². The van der Waals surface area contributed by atoms with E-state index in [1.807, 2.05) is 5.32 Å². The summed E-state index contributed by atoms with van der Waals surface area (Å²) in [6.45, 7) is 0.560. The number of ether oxygens (including phenoxy) is 1. The molecule has 1 aliphatic rings. The second-order valence-electron chi connectivity index (χ2n) is 5.63. The first-order valence-electron chi connectivity index (χ1n) is 7.10. The molecular formula is C16H12F3NO4S. The molecule has 2 aromatic rings. The van der Waals surface area contributed by atoms with Gasteiger partial charge < -0.3 is 15.2 Å². The molecule has 1 aromatic carbocycles. The van der Waals surface area contributed by atoms with Crippen molar-refractivity contribution < 1.29 is 32.6 Å². The van der Waals surface area contributed by atoms with Gasteiger partial charge in [0.1, 0.15) is 12.4 Å². The van der Waals surface area contributed by atoms with Crippen molar-refractivity contribution in [3.05, 3.63) is 45.6 Å². The average Bonchev–Trinajstić information content (AvgIpc) is 2.95. The van der Waals surface area contributed by atoms with E-state index in [1.165, 1.54) is 29.5 Å². The van der Waals surface area contributed by atoms with Gasteiger partial charge in [-0.2, -0.15) is 13.2 Å². The molecule has 1 amide bonds. The van der Waals surface area contributed by atoms with Crippen molar-refractivity contribution in [1.82, 2.24) is 0 Å². The van der Waals surface area contributed by atoms with Gasteiger partial charge in [0.05, 0.1) is 10.4 Å². The topological polar surface area (TPSA) is 75.6 Å². The molecule has 0 radical (unpaired) electrons. The van der Waals surface area contributed by atoms with E-state index in [0.717, 1.165) is 5.56 Å². The predicted octanol–water partition coefficient (Wildman–Crippen LogP) is 3.12. The fourth-order valence-electron chi connectivity index (χ4n) is 2.22. The maximum atomic E-state index is 12.7. The summed E-state index contributed by atoms with van der Waals surface area (Å²) in [5, 5.41) is 13.1. The average molecular weight is 371 g/mol. The molecule has 0 aliphatic carbocycles. The Morgan fingerprint density at radius 3 is 2.72 bits per heavy atom. The molecule has 2 heterocycles. The van der Waals surface area contributed by atoms with Crippen LogP contribution in [0.1, 0.15) is 27.7 Å². The normalized spacial score (nSPS) is 16.1. The van der Waals surface area contributed by atoms with Gasteiger partial charge in [0.15, 0.2) is 0 Å². The van der Waals surface area contributed by atoms with Crippen LogP contribution >= 0.6 is 11.3 Å². The molecule has 0 fully saturated rings. The predicted molar refractivity (Wildman–Crippen MR) is 83.8 cm³/mol. The van der Waals surface area contributed by atoms with Crippen molar-refractivity contribution in [2.75, 3.05) is 5.32 Å². The number of carbonyl (C=O) groups is 2. The van der Waals surface area contributed by atoms with Crippen molar-refractivity contribution in [3.63, 3.8) is 0 Å². The molecule has 3 rings (SSSR count). The summed E-state index contributed by atoms with van der Waals surface area (Å²) in [4.78, 5) is 24.8. The number of aliphatic hydroxyl groups is 1.